The van der Waals surface area contributed by atoms with Crippen LogP contribution in [0.25, 0.3) is 5.95 Å². The number of pyridine rings is 1. The Morgan fingerprint density at radius 2 is 1.40 bits per heavy atom. The molecule has 0 aliphatic carbocycles. The molecule has 0 radical (unpaired) electrons. The van der Waals surface area contributed by atoms with Gasteiger partial charge in [0.05, 0.1) is 62.1 Å². The normalized spacial score (nSPS) is 12.0. The SMILES string of the molecule is NC(=O)c1ccc[n+](-c2nc(F)nc(Nc3ccc(S(=O)(=O)[O-])c(N=Nc4cc(S(=O)(=O)[O-])c(N)c(N=Nc5ccc(S(=O)(=O)CCOS(=O)(=O)[O-])cc5)c4N)c3)n2)c1.[Na+].[Na+].[Na+]. The number of rotatable bonds is 15. The molecule has 0 saturated carbocycles. The van der Waals surface area contributed by atoms with E-state index in [1.54, 1.807) is 0 Å². The second-order valence-corrected chi connectivity index (χ2v) is 17.2. The molecule has 2 aromatic heterocycles. The third kappa shape index (κ3) is 14.5. The largest absolute Gasteiger partial charge is 1.00 e. The molecule has 2 heterocycles. The second kappa shape index (κ2) is 21.9. The number of azo groups is 2. The van der Waals surface area contributed by atoms with Crippen molar-refractivity contribution in [3.63, 3.8) is 0 Å². The number of nitrogens with one attached hydrogen (secondary N) is 1. The molecule has 3 aromatic carbocycles. The van der Waals surface area contributed by atoms with Crippen molar-refractivity contribution in [2.75, 3.05) is 29.1 Å². The third-order valence-corrected chi connectivity index (χ3v) is 11.2. The first-order valence-corrected chi connectivity index (χ1v) is 21.3. The molecule has 5 rings (SSSR count). The predicted molar refractivity (Wildman–Crippen MR) is 193 cm³/mol. The average Bonchev–Trinajstić information content (AvgIpc) is 3.13. The quantitative estimate of drug-likeness (QED) is 0.0189. The van der Waals surface area contributed by atoms with Gasteiger partial charge in [0.2, 0.25) is 10.4 Å². The number of carbonyl (C=O) groups is 1. The van der Waals surface area contributed by atoms with Crippen molar-refractivity contribution in [1.29, 1.82) is 0 Å². The molecule has 0 spiro atoms. The number of carbonyl (C=O) groups excluding carboxylic acids is 1. The summed E-state index contributed by atoms with van der Waals surface area (Å²) in [5.41, 5.74) is 13.7. The molecule has 0 aliphatic heterocycles. The molecule has 0 fully saturated rings. The number of hydrogen-bond donors (Lipinski definition) is 4. The van der Waals surface area contributed by atoms with Crippen LogP contribution in [0.3, 0.4) is 0 Å². The molecule has 5 aromatic rings. The fourth-order valence-electron chi connectivity index (χ4n) is 4.63. The minimum Gasteiger partial charge on any atom is -0.744 e. The van der Waals surface area contributed by atoms with Crippen LogP contribution in [0.1, 0.15) is 10.4 Å². The summed E-state index contributed by atoms with van der Waals surface area (Å²) in [4.78, 5) is 20.3. The molecule has 33 heteroatoms. The van der Waals surface area contributed by atoms with Crippen LogP contribution in [0, 0.1) is 6.08 Å². The van der Waals surface area contributed by atoms with E-state index in [4.69, 9.17) is 17.2 Å². The Morgan fingerprint density at radius 1 is 0.774 bits per heavy atom. The van der Waals surface area contributed by atoms with Gasteiger partial charge in [-0.1, -0.05) is 0 Å². The van der Waals surface area contributed by atoms with E-state index in [1.165, 1.54) is 24.5 Å². The van der Waals surface area contributed by atoms with E-state index >= 15 is 0 Å². The van der Waals surface area contributed by atoms with Crippen molar-refractivity contribution >= 4 is 92.1 Å². The van der Waals surface area contributed by atoms with Gasteiger partial charge in [0.25, 0.3) is 5.91 Å². The molecule has 25 nitrogen and oxygen atoms in total. The van der Waals surface area contributed by atoms with Gasteiger partial charge >= 0.3 is 107 Å². The number of halogens is 1. The summed E-state index contributed by atoms with van der Waals surface area (Å²) < 4.78 is 149. The van der Waals surface area contributed by atoms with Crippen LogP contribution in [-0.4, -0.2) is 80.5 Å². The summed E-state index contributed by atoms with van der Waals surface area (Å²) in [5, 5.41) is 17.6. The topological polar surface area (TPSA) is 414 Å². The molecular weight excluding hydrogens is 941 g/mol. The van der Waals surface area contributed by atoms with Crippen molar-refractivity contribution in [3.8, 4) is 5.95 Å². The number of anilines is 4. The summed E-state index contributed by atoms with van der Waals surface area (Å²) >= 11 is 0. The molecule has 0 bridgehead atoms. The Labute approximate surface area is 417 Å². The van der Waals surface area contributed by atoms with Gasteiger partial charge < -0.3 is 36.2 Å². The summed E-state index contributed by atoms with van der Waals surface area (Å²) in [7, 11) is -20.0. The monoisotopic (exact) mass is 963 g/mol. The van der Waals surface area contributed by atoms with Gasteiger partial charge in [-0.25, -0.2) is 38.2 Å². The number of nitrogen functional groups attached to an aromatic ring is 2. The molecular formula is C29H23FN12Na3O13S4+. The second-order valence-electron chi connectivity index (χ2n) is 11.3. The molecule has 0 unspecified atom stereocenters. The van der Waals surface area contributed by atoms with Gasteiger partial charge in [-0.2, -0.15) is 5.11 Å². The van der Waals surface area contributed by atoms with E-state index in [0.29, 0.717) is 6.07 Å². The Kier molecular flexibility index (Phi) is 19.3. The van der Waals surface area contributed by atoms with Crippen LogP contribution in [0.2, 0.25) is 0 Å². The van der Waals surface area contributed by atoms with Crippen molar-refractivity contribution in [2.45, 2.75) is 14.7 Å². The van der Waals surface area contributed by atoms with Crippen molar-refractivity contribution in [3.05, 3.63) is 84.7 Å². The van der Waals surface area contributed by atoms with E-state index in [0.717, 1.165) is 47.0 Å². The van der Waals surface area contributed by atoms with Crippen LogP contribution in [0.4, 0.5) is 50.2 Å². The Morgan fingerprint density at radius 3 is 2.00 bits per heavy atom. The van der Waals surface area contributed by atoms with Gasteiger partial charge in [-0.05, 0) is 70.6 Å². The standard InChI is InChI=1S/C29H25FN12O13S4.3Na/c30-27-35-28(37-29(36-27)42-9-1-2-15(14-42)26(33)43)34-17-5-8-21(57(46,47)48)19(12-17)39-40-20-13-22(58(49,50)51)24(32)25(23(20)31)41-38-16-3-6-18(7-4-16)56(44,45)11-10-55-59(52,53)54;;;/h1-9,12-14H,10-11H2,(H9-,31,32,33,34,35,36,37,38,39,43,46,47,48,49,50,51,52,53,54);;;/q;3*+1/p-2. The van der Waals surface area contributed by atoms with Crippen LogP contribution in [-0.2, 0) is 44.7 Å². The number of amides is 1. The Balaban J connectivity index is 0.00000441. The molecule has 7 N–H and O–H groups in total. The van der Waals surface area contributed by atoms with E-state index in [-0.39, 0.29) is 116 Å². The van der Waals surface area contributed by atoms with Gasteiger partial charge in [-0.3, -0.25) is 8.98 Å². The molecule has 0 atom stereocenters. The number of nitrogens with zero attached hydrogens (tertiary/aromatic N) is 8. The number of aromatic nitrogens is 4. The van der Waals surface area contributed by atoms with Crippen molar-refractivity contribution in [2.24, 2.45) is 26.2 Å². The number of nitrogens with two attached hydrogens (primary N) is 3. The maximum absolute atomic E-state index is 14.5. The van der Waals surface area contributed by atoms with Gasteiger partial charge in [0.1, 0.15) is 37.3 Å². The van der Waals surface area contributed by atoms with Gasteiger partial charge in [0.15, 0.2) is 9.84 Å². The zero-order chi connectivity index (χ0) is 43.5. The number of hydrogen-bond acceptors (Lipinski definition) is 23. The third-order valence-electron chi connectivity index (χ3n) is 7.29. The van der Waals surface area contributed by atoms with E-state index in [1.807, 2.05) is 0 Å². The maximum atomic E-state index is 14.5. The van der Waals surface area contributed by atoms with Crippen LogP contribution in [0.15, 0.2) is 108 Å². The van der Waals surface area contributed by atoms with Crippen LogP contribution >= 0.6 is 0 Å². The smallest absolute Gasteiger partial charge is 0.744 e. The first-order chi connectivity index (χ1) is 27.4. The Bertz CT molecular complexity index is 3030. The molecule has 0 aliphatic rings. The van der Waals surface area contributed by atoms with Crippen LogP contribution < -0.4 is 116 Å². The first kappa shape index (κ1) is 54.6. The van der Waals surface area contributed by atoms with E-state index in [2.05, 4.69) is 44.9 Å². The minimum atomic E-state index is -5.40. The summed E-state index contributed by atoms with van der Waals surface area (Å²) in [6, 6.07) is 10.3. The van der Waals surface area contributed by atoms with Gasteiger partial charge in [0, 0.05) is 5.69 Å². The fourth-order valence-corrected chi connectivity index (χ4v) is 7.32. The van der Waals surface area contributed by atoms with Gasteiger partial charge in [-0.15, -0.1) is 24.7 Å². The van der Waals surface area contributed by atoms with Crippen molar-refractivity contribution in [1.82, 2.24) is 15.0 Å². The number of benzene rings is 3. The minimum absolute atomic E-state index is 0. The Hall–Kier alpha value is -3.54. The molecule has 1 amide bonds. The summed E-state index contributed by atoms with van der Waals surface area (Å²) in [6.45, 7) is -0.956. The molecule has 310 valence electrons. The summed E-state index contributed by atoms with van der Waals surface area (Å²) in [6.07, 6.45) is 1.27. The zero-order valence-corrected chi connectivity index (χ0v) is 41.2. The fraction of sp³-hybridized carbons (Fsp3) is 0.0690. The van der Waals surface area contributed by atoms with E-state index < -0.39 is 109 Å². The van der Waals surface area contributed by atoms with Crippen molar-refractivity contribution < 1.29 is 154 Å². The maximum Gasteiger partial charge on any atom is 1.00 e. The number of sulfone groups is 1. The zero-order valence-electron chi connectivity index (χ0n) is 32.0. The predicted octanol–water partition coefficient (Wildman–Crippen LogP) is -7.80. The summed E-state index contributed by atoms with van der Waals surface area (Å²) in [5.74, 6) is -2.48. The van der Waals surface area contributed by atoms with Crippen LogP contribution in [0.5, 0.6) is 0 Å². The first-order valence-electron chi connectivity index (χ1n) is 15.5. The van der Waals surface area contributed by atoms with E-state index in [9.17, 15) is 56.5 Å². The average molecular weight is 964 g/mol. The molecule has 62 heavy (non-hydrogen) atoms. The molecule has 0 saturated heterocycles. The number of primary amides is 1.